The average Bonchev–Trinajstić information content (AvgIpc) is 2.15. The smallest absolute Gasteiger partial charge is 0.146 e. The van der Waals surface area contributed by atoms with Gasteiger partial charge in [-0.3, -0.25) is 0 Å². The van der Waals surface area contributed by atoms with Crippen molar-refractivity contribution in [1.82, 2.24) is 0 Å². The van der Waals surface area contributed by atoms with Gasteiger partial charge in [0.25, 0.3) is 0 Å². The van der Waals surface area contributed by atoms with Crippen molar-refractivity contribution in [2.45, 2.75) is 27.7 Å². The Morgan fingerprint density at radius 3 is 2.08 bits per heavy atom. The van der Waals surface area contributed by atoms with Crippen LogP contribution >= 0.6 is 0 Å². The minimum absolute atomic E-state index is 0.104. The molecule has 13 heavy (non-hydrogen) atoms. The summed E-state index contributed by atoms with van der Waals surface area (Å²) in [4.78, 5) is 0. The van der Waals surface area contributed by atoms with Gasteiger partial charge in [-0.05, 0) is 25.5 Å². The van der Waals surface area contributed by atoms with Gasteiger partial charge in [-0.15, -0.1) is 0 Å². The van der Waals surface area contributed by atoms with Gasteiger partial charge in [0, 0.05) is 5.56 Å². The quantitative estimate of drug-likeness (QED) is 0.620. The molecule has 0 aromatic heterocycles. The summed E-state index contributed by atoms with van der Waals surface area (Å²) in [6.45, 7) is 6.96. The van der Waals surface area contributed by atoms with Crippen molar-refractivity contribution in [3.63, 3.8) is 0 Å². The number of hydrogen-bond acceptors (Lipinski definition) is 1. The molecule has 0 saturated carbocycles. The normalized spacial score (nSPS) is 9.08. The van der Waals surface area contributed by atoms with Crippen LogP contribution in [0.3, 0.4) is 0 Å². The molecule has 0 aliphatic heterocycles. The van der Waals surface area contributed by atoms with Gasteiger partial charge >= 0.3 is 0 Å². The van der Waals surface area contributed by atoms with E-state index in [9.17, 15) is 8.78 Å². The fourth-order valence-corrected chi connectivity index (χ4v) is 0.924. The molecule has 1 rings (SSSR count). The number of halogens is 2. The molecule has 0 unspecified atom stereocenters. The molecule has 0 heterocycles. The van der Waals surface area contributed by atoms with Crippen LogP contribution in [0.2, 0.25) is 0 Å². The van der Waals surface area contributed by atoms with Gasteiger partial charge in [0.15, 0.2) is 0 Å². The largest absolute Gasteiger partial charge is 0.396 e. The van der Waals surface area contributed by atoms with E-state index in [0.717, 1.165) is 6.07 Å². The van der Waals surface area contributed by atoms with E-state index in [-0.39, 0.29) is 16.8 Å². The van der Waals surface area contributed by atoms with Crippen molar-refractivity contribution in [3.05, 3.63) is 28.8 Å². The zero-order valence-corrected chi connectivity index (χ0v) is 8.41. The lowest BCUT2D eigenvalue weighted by atomic mass is 10.1. The summed E-state index contributed by atoms with van der Waals surface area (Å²) < 4.78 is 25.7. The molecule has 1 aromatic rings. The third-order valence-electron chi connectivity index (χ3n) is 1.68. The summed E-state index contributed by atoms with van der Waals surface area (Å²) in [6.07, 6.45) is 0. The Morgan fingerprint density at radius 1 is 1.15 bits per heavy atom. The molecule has 2 N–H and O–H groups in total. The van der Waals surface area contributed by atoms with Crippen LogP contribution in [-0.2, 0) is 0 Å². The van der Waals surface area contributed by atoms with Crippen LogP contribution in [0.4, 0.5) is 14.5 Å². The number of hydrogen-bond donors (Lipinski definition) is 1. The molecule has 0 saturated heterocycles. The number of nitrogen functional groups attached to an aromatic ring is 1. The number of benzene rings is 1. The minimum Gasteiger partial charge on any atom is -0.396 e. The molecule has 0 radical (unpaired) electrons. The lowest BCUT2D eigenvalue weighted by Crippen LogP contribution is -1.99. The monoisotopic (exact) mass is 187 g/mol. The third kappa shape index (κ3) is 2.41. The summed E-state index contributed by atoms with van der Waals surface area (Å²) >= 11 is 0. The van der Waals surface area contributed by atoms with Crippen LogP contribution in [0, 0.1) is 25.5 Å². The summed E-state index contributed by atoms with van der Waals surface area (Å²) in [5.41, 5.74) is 5.60. The molecule has 1 aromatic carbocycles. The standard InChI is InChI=1S/C8H9F2N.C2H6/c1-4-3-6(9)8(11)5(2)7(4)10;1-2/h3H,11H2,1-2H3;1-2H3. The Morgan fingerprint density at radius 2 is 1.62 bits per heavy atom. The average molecular weight is 187 g/mol. The van der Waals surface area contributed by atoms with Crippen LogP contribution in [0.25, 0.3) is 0 Å². The fraction of sp³-hybridized carbons (Fsp3) is 0.400. The molecule has 0 spiro atoms. The lowest BCUT2D eigenvalue weighted by molar-refractivity contribution is 0.588. The molecule has 0 aliphatic carbocycles. The SMILES string of the molecule is CC.Cc1cc(F)c(N)c(C)c1F. The van der Waals surface area contributed by atoms with Crippen molar-refractivity contribution >= 4 is 5.69 Å². The van der Waals surface area contributed by atoms with Crippen LogP contribution in [0.1, 0.15) is 25.0 Å². The predicted octanol–water partition coefficient (Wildman–Crippen LogP) is 3.19. The van der Waals surface area contributed by atoms with Crippen LogP contribution in [0.5, 0.6) is 0 Å². The van der Waals surface area contributed by atoms with Crippen LogP contribution < -0.4 is 5.73 Å². The Hall–Kier alpha value is -1.12. The van der Waals surface area contributed by atoms with E-state index in [1.165, 1.54) is 13.8 Å². The van der Waals surface area contributed by atoms with Crippen LogP contribution in [0.15, 0.2) is 6.07 Å². The maximum absolute atomic E-state index is 12.9. The van der Waals surface area contributed by atoms with Crippen molar-refractivity contribution in [1.29, 1.82) is 0 Å². The molecule has 0 fully saturated rings. The summed E-state index contributed by atoms with van der Waals surface area (Å²) in [5, 5.41) is 0. The Bertz CT molecular complexity index is 269. The predicted molar refractivity (Wildman–Crippen MR) is 51.6 cm³/mol. The maximum atomic E-state index is 12.9. The Labute approximate surface area is 77.6 Å². The van der Waals surface area contributed by atoms with E-state index in [4.69, 9.17) is 5.73 Å². The first kappa shape index (κ1) is 11.9. The van der Waals surface area contributed by atoms with E-state index in [2.05, 4.69) is 0 Å². The van der Waals surface area contributed by atoms with Crippen LogP contribution in [-0.4, -0.2) is 0 Å². The van der Waals surface area contributed by atoms with Gasteiger partial charge in [-0.1, -0.05) is 13.8 Å². The number of rotatable bonds is 0. The summed E-state index contributed by atoms with van der Waals surface area (Å²) in [5.74, 6) is -0.981. The van der Waals surface area contributed by atoms with E-state index in [1.807, 2.05) is 13.8 Å². The molecular weight excluding hydrogens is 172 g/mol. The Kier molecular flexibility index (Phi) is 4.38. The van der Waals surface area contributed by atoms with E-state index < -0.39 is 11.6 Å². The number of anilines is 1. The topological polar surface area (TPSA) is 26.0 Å². The molecular formula is C10H15F2N. The van der Waals surface area contributed by atoms with E-state index >= 15 is 0 Å². The van der Waals surface area contributed by atoms with Gasteiger partial charge < -0.3 is 5.73 Å². The highest BCUT2D eigenvalue weighted by Gasteiger charge is 2.09. The molecule has 0 bridgehead atoms. The molecule has 74 valence electrons. The first-order chi connectivity index (χ1) is 6.04. The van der Waals surface area contributed by atoms with E-state index in [1.54, 1.807) is 0 Å². The minimum atomic E-state index is -0.554. The third-order valence-corrected chi connectivity index (χ3v) is 1.68. The van der Waals surface area contributed by atoms with Crippen molar-refractivity contribution in [2.75, 3.05) is 5.73 Å². The Balaban J connectivity index is 0.000000671. The fourth-order valence-electron chi connectivity index (χ4n) is 0.924. The molecule has 0 atom stereocenters. The number of aryl methyl sites for hydroxylation is 1. The first-order valence-corrected chi connectivity index (χ1v) is 4.24. The van der Waals surface area contributed by atoms with Crippen molar-refractivity contribution in [3.8, 4) is 0 Å². The van der Waals surface area contributed by atoms with E-state index in [0.29, 0.717) is 0 Å². The van der Waals surface area contributed by atoms with Gasteiger partial charge in [0.05, 0.1) is 5.69 Å². The zero-order chi connectivity index (χ0) is 10.6. The van der Waals surface area contributed by atoms with Gasteiger partial charge in [-0.2, -0.15) is 0 Å². The lowest BCUT2D eigenvalue weighted by Gasteiger charge is -2.04. The van der Waals surface area contributed by atoms with Gasteiger partial charge in [0.1, 0.15) is 11.6 Å². The maximum Gasteiger partial charge on any atom is 0.146 e. The van der Waals surface area contributed by atoms with Crippen molar-refractivity contribution in [2.24, 2.45) is 0 Å². The first-order valence-electron chi connectivity index (χ1n) is 4.24. The highest BCUT2D eigenvalue weighted by Crippen LogP contribution is 2.21. The summed E-state index contributed by atoms with van der Waals surface area (Å²) in [7, 11) is 0. The number of nitrogens with two attached hydrogens (primary N) is 1. The van der Waals surface area contributed by atoms with Gasteiger partial charge in [-0.25, -0.2) is 8.78 Å². The van der Waals surface area contributed by atoms with Crippen molar-refractivity contribution < 1.29 is 8.78 Å². The molecule has 1 nitrogen and oxygen atoms in total. The highest BCUT2D eigenvalue weighted by atomic mass is 19.1. The zero-order valence-electron chi connectivity index (χ0n) is 8.41. The second kappa shape index (κ2) is 4.80. The molecule has 3 heteroatoms. The second-order valence-electron chi connectivity index (χ2n) is 2.53. The molecule has 0 amide bonds. The molecule has 0 aliphatic rings. The second-order valence-corrected chi connectivity index (χ2v) is 2.53. The van der Waals surface area contributed by atoms with Gasteiger partial charge in [0.2, 0.25) is 0 Å². The highest BCUT2D eigenvalue weighted by molar-refractivity contribution is 5.49. The summed E-state index contributed by atoms with van der Waals surface area (Å²) in [6, 6.07) is 1.09.